The molecule has 8 nitrogen and oxygen atoms in total. The number of nitro groups is 1. The van der Waals surface area contributed by atoms with Crippen molar-refractivity contribution in [2.75, 3.05) is 38.2 Å². The maximum absolute atomic E-state index is 12.6. The number of rotatable bonds is 7. The molecule has 1 aromatic rings. The maximum atomic E-state index is 12.6. The second-order valence-corrected chi connectivity index (χ2v) is 8.00. The molecule has 24 heavy (non-hydrogen) atoms. The number of nitro benzene ring substituents is 1. The van der Waals surface area contributed by atoms with E-state index >= 15 is 0 Å². The summed E-state index contributed by atoms with van der Waals surface area (Å²) in [6, 6.07) is 4.00. The largest absolute Gasteiger partial charge is 0.379 e. The van der Waals surface area contributed by atoms with Gasteiger partial charge in [-0.15, -0.1) is 0 Å². The van der Waals surface area contributed by atoms with Gasteiger partial charge in [-0.2, -0.15) is 4.31 Å². The van der Waals surface area contributed by atoms with Crippen LogP contribution < -0.4 is 5.32 Å². The number of hydrogen-bond donors (Lipinski definition) is 1. The smallest absolute Gasteiger partial charge is 0.293 e. The third-order valence-electron chi connectivity index (χ3n) is 3.81. The summed E-state index contributed by atoms with van der Waals surface area (Å²) in [5, 5.41) is 14.3. The highest BCUT2D eigenvalue weighted by Gasteiger charge is 2.28. The van der Waals surface area contributed by atoms with Gasteiger partial charge < -0.3 is 10.1 Å². The number of nitrogens with zero attached hydrogens (tertiary/aromatic N) is 2. The molecule has 0 aromatic heterocycles. The van der Waals surface area contributed by atoms with Crippen LogP contribution in [0.25, 0.3) is 0 Å². The van der Waals surface area contributed by atoms with Crippen molar-refractivity contribution in [3.8, 4) is 0 Å². The molecule has 1 saturated heterocycles. The van der Waals surface area contributed by atoms with Gasteiger partial charge in [0.15, 0.2) is 0 Å². The van der Waals surface area contributed by atoms with E-state index in [0.29, 0.717) is 31.4 Å². The molecule has 9 heteroatoms. The van der Waals surface area contributed by atoms with E-state index in [-0.39, 0.29) is 23.7 Å². The normalized spacial score (nSPS) is 16.3. The summed E-state index contributed by atoms with van der Waals surface area (Å²) in [5.74, 6) is 0.470. The number of benzene rings is 1. The first-order chi connectivity index (χ1) is 11.3. The first-order valence-corrected chi connectivity index (χ1v) is 9.36. The molecule has 1 aliphatic rings. The van der Waals surface area contributed by atoms with E-state index in [1.54, 1.807) is 0 Å². The predicted molar refractivity (Wildman–Crippen MR) is 90.6 cm³/mol. The molecule has 0 aliphatic carbocycles. The zero-order valence-electron chi connectivity index (χ0n) is 13.9. The van der Waals surface area contributed by atoms with Gasteiger partial charge >= 0.3 is 0 Å². The van der Waals surface area contributed by atoms with E-state index in [9.17, 15) is 18.5 Å². The van der Waals surface area contributed by atoms with Crippen LogP contribution in [0, 0.1) is 16.0 Å². The molecule has 134 valence electrons. The van der Waals surface area contributed by atoms with Crippen LogP contribution in [0.3, 0.4) is 0 Å². The first kappa shape index (κ1) is 18.6. The standard InChI is InChI=1S/C15H23N3O5S/c1-12(2)5-6-16-14-4-3-13(11-15(14)18(19)20)24(21,22)17-7-9-23-10-8-17/h3-4,11-12,16H,5-10H2,1-2H3. The second kappa shape index (κ2) is 7.91. The van der Waals surface area contributed by atoms with Crippen molar-refractivity contribution in [2.45, 2.75) is 25.2 Å². The topological polar surface area (TPSA) is 102 Å². The van der Waals surface area contributed by atoms with Crippen molar-refractivity contribution in [1.29, 1.82) is 0 Å². The van der Waals surface area contributed by atoms with Gasteiger partial charge in [-0.3, -0.25) is 10.1 Å². The molecule has 1 fully saturated rings. The quantitative estimate of drug-likeness (QED) is 0.592. The molecular formula is C15H23N3O5S. The van der Waals surface area contributed by atoms with Crippen LogP contribution in [0.5, 0.6) is 0 Å². The SMILES string of the molecule is CC(C)CCNc1ccc(S(=O)(=O)N2CCOCC2)cc1[N+](=O)[O-]. The van der Waals surface area contributed by atoms with Crippen LogP contribution >= 0.6 is 0 Å². The van der Waals surface area contributed by atoms with Crippen molar-refractivity contribution in [2.24, 2.45) is 5.92 Å². The predicted octanol–water partition coefficient (Wildman–Crippen LogP) is 2.07. The highest BCUT2D eigenvalue weighted by atomic mass is 32.2. The average molecular weight is 357 g/mol. The molecular weight excluding hydrogens is 334 g/mol. The summed E-state index contributed by atoms with van der Waals surface area (Å²) < 4.78 is 31.7. The van der Waals surface area contributed by atoms with E-state index in [0.717, 1.165) is 12.5 Å². The fourth-order valence-electron chi connectivity index (χ4n) is 2.40. The summed E-state index contributed by atoms with van der Waals surface area (Å²) in [6.45, 7) is 5.89. The minimum absolute atomic E-state index is 0.0643. The van der Waals surface area contributed by atoms with Gasteiger partial charge in [0, 0.05) is 25.7 Å². The van der Waals surface area contributed by atoms with Gasteiger partial charge in [-0.25, -0.2) is 8.42 Å². The van der Waals surface area contributed by atoms with E-state index in [2.05, 4.69) is 19.2 Å². The van der Waals surface area contributed by atoms with Crippen LogP contribution in [0.1, 0.15) is 20.3 Å². The molecule has 0 bridgehead atoms. The molecule has 0 spiro atoms. The molecule has 1 aliphatic heterocycles. The van der Waals surface area contributed by atoms with Crippen molar-refractivity contribution >= 4 is 21.4 Å². The highest BCUT2D eigenvalue weighted by molar-refractivity contribution is 7.89. The summed E-state index contributed by atoms with van der Waals surface area (Å²) in [5.41, 5.74) is 0.106. The van der Waals surface area contributed by atoms with Crippen LogP contribution in [0.2, 0.25) is 0 Å². The third-order valence-corrected chi connectivity index (χ3v) is 5.71. The van der Waals surface area contributed by atoms with Gasteiger partial charge in [-0.05, 0) is 24.5 Å². The van der Waals surface area contributed by atoms with Crippen LogP contribution in [-0.2, 0) is 14.8 Å². The lowest BCUT2D eigenvalue weighted by Gasteiger charge is -2.26. The molecule has 0 radical (unpaired) electrons. The summed E-state index contributed by atoms with van der Waals surface area (Å²) in [6.07, 6.45) is 0.866. The monoisotopic (exact) mass is 357 g/mol. The van der Waals surface area contributed by atoms with Crippen molar-refractivity contribution in [1.82, 2.24) is 4.31 Å². The molecule has 1 heterocycles. The van der Waals surface area contributed by atoms with Crippen molar-refractivity contribution < 1.29 is 18.1 Å². The van der Waals surface area contributed by atoms with E-state index in [1.807, 2.05) is 0 Å². The second-order valence-electron chi connectivity index (χ2n) is 6.06. The fraction of sp³-hybridized carbons (Fsp3) is 0.600. The van der Waals surface area contributed by atoms with Gasteiger partial charge in [0.05, 0.1) is 23.0 Å². The Morgan fingerprint density at radius 2 is 2.00 bits per heavy atom. The fourth-order valence-corrected chi connectivity index (χ4v) is 3.83. The van der Waals surface area contributed by atoms with Crippen LogP contribution in [0.4, 0.5) is 11.4 Å². The molecule has 0 saturated carbocycles. The molecule has 1 aromatic carbocycles. The lowest BCUT2D eigenvalue weighted by molar-refractivity contribution is -0.384. The lowest BCUT2D eigenvalue weighted by Crippen LogP contribution is -2.40. The Balaban J connectivity index is 2.25. The lowest BCUT2D eigenvalue weighted by atomic mass is 10.1. The van der Waals surface area contributed by atoms with Gasteiger partial charge in [0.2, 0.25) is 10.0 Å². The van der Waals surface area contributed by atoms with Gasteiger partial charge in [0.1, 0.15) is 5.69 Å². The summed E-state index contributed by atoms with van der Waals surface area (Å²) >= 11 is 0. The Morgan fingerprint density at radius 3 is 2.58 bits per heavy atom. The Morgan fingerprint density at radius 1 is 1.33 bits per heavy atom. The highest BCUT2D eigenvalue weighted by Crippen LogP contribution is 2.29. The molecule has 0 amide bonds. The number of morpholine rings is 1. The molecule has 2 rings (SSSR count). The minimum atomic E-state index is -3.75. The summed E-state index contributed by atoms with van der Waals surface area (Å²) in [7, 11) is -3.75. The molecule has 0 atom stereocenters. The maximum Gasteiger partial charge on any atom is 0.293 e. The number of hydrogen-bond acceptors (Lipinski definition) is 6. The van der Waals surface area contributed by atoms with E-state index in [4.69, 9.17) is 4.74 Å². The Bertz CT molecular complexity index is 684. The van der Waals surface area contributed by atoms with Crippen LogP contribution in [0.15, 0.2) is 23.1 Å². The molecule has 1 N–H and O–H groups in total. The number of nitrogens with one attached hydrogen (secondary N) is 1. The Labute approximate surface area is 142 Å². The zero-order valence-corrected chi connectivity index (χ0v) is 14.7. The average Bonchev–Trinajstić information content (AvgIpc) is 2.55. The first-order valence-electron chi connectivity index (χ1n) is 7.92. The summed E-state index contributed by atoms with van der Waals surface area (Å²) in [4.78, 5) is 10.7. The number of sulfonamides is 1. The zero-order chi connectivity index (χ0) is 17.7. The Kier molecular flexibility index (Phi) is 6.14. The number of ether oxygens (including phenoxy) is 1. The van der Waals surface area contributed by atoms with Crippen LogP contribution in [-0.4, -0.2) is 50.5 Å². The molecule has 0 unspecified atom stereocenters. The van der Waals surface area contributed by atoms with E-state index in [1.165, 1.54) is 16.4 Å². The number of anilines is 1. The van der Waals surface area contributed by atoms with Crippen molar-refractivity contribution in [3.63, 3.8) is 0 Å². The minimum Gasteiger partial charge on any atom is -0.379 e. The van der Waals surface area contributed by atoms with E-state index < -0.39 is 14.9 Å². The third kappa shape index (κ3) is 4.43. The van der Waals surface area contributed by atoms with Gasteiger partial charge in [0.25, 0.3) is 5.69 Å². The Hall–Kier alpha value is -1.71. The van der Waals surface area contributed by atoms with Crippen molar-refractivity contribution in [3.05, 3.63) is 28.3 Å². The van der Waals surface area contributed by atoms with Gasteiger partial charge in [-0.1, -0.05) is 13.8 Å².